The molecule has 1 fully saturated rings. The number of carbonyl (C=O) groups is 1. The summed E-state index contributed by atoms with van der Waals surface area (Å²) in [7, 11) is 0. The molecular formula is C20H27N3O2. The molecule has 1 unspecified atom stereocenters. The van der Waals surface area contributed by atoms with Crippen LogP contribution >= 0.6 is 0 Å². The van der Waals surface area contributed by atoms with E-state index in [4.69, 9.17) is 4.74 Å². The van der Waals surface area contributed by atoms with Crippen molar-refractivity contribution in [3.05, 3.63) is 48.0 Å². The SMILES string of the molecule is CCCn1c(C)cnc1CC1CCN(C(=O)COc2ccccc2)C1. The Balaban J connectivity index is 1.50. The summed E-state index contributed by atoms with van der Waals surface area (Å²) in [5, 5.41) is 0. The van der Waals surface area contributed by atoms with Crippen LogP contribution in [-0.4, -0.2) is 40.1 Å². The predicted octanol–water partition coefficient (Wildman–Crippen LogP) is 3.07. The van der Waals surface area contributed by atoms with Gasteiger partial charge in [-0.25, -0.2) is 4.98 Å². The van der Waals surface area contributed by atoms with Crippen LogP contribution in [0.25, 0.3) is 0 Å². The van der Waals surface area contributed by atoms with Crippen molar-refractivity contribution in [1.29, 1.82) is 0 Å². The van der Waals surface area contributed by atoms with Gasteiger partial charge in [-0.3, -0.25) is 4.79 Å². The fourth-order valence-corrected chi connectivity index (χ4v) is 3.44. The van der Waals surface area contributed by atoms with Crippen LogP contribution in [-0.2, 0) is 17.8 Å². The van der Waals surface area contributed by atoms with E-state index < -0.39 is 0 Å². The minimum atomic E-state index is 0.0689. The van der Waals surface area contributed by atoms with E-state index >= 15 is 0 Å². The third-order valence-corrected chi connectivity index (χ3v) is 4.80. The molecule has 0 radical (unpaired) electrons. The number of likely N-dealkylation sites (tertiary alicyclic amines) is 1. The highest BCUT2D eigenvalue weighted by Gasteiger charge is 2.27. The van der Waals surface area contributed by atoms with Gasteiger partial charge in [-0.1, -0.05) is 25.1 Å². The van der Waals surface area contributed by atoms with E-state index in [9.17, 15) is 4.79 Å². The Morgan fingerprint density at radius 2 is 2.12 bits per heavy atom. The number of ether oxygens (including phenoxy) is 1. The van der Waals surface area contributed by atoms with Crippen LogP contribution in [0.15, 0.2) is 36.5 Å². The topological polar surface area (TPSA) is 47.4 Å². The van der Waals surface area contributed by atoms with Gasteiger partial charge < -0.3 is 14.2 Å². The first-order chi connectivity index (χ1) is 12.2. The van der Waals surface area contributed by atoms with Gasteiger partial charge in [0.25, 0.3) is 5.91 Å². The number of aryl methyl sites for hydroxylation is 1. The number of hydrogen-bond acceptors (Lipinski definition) is 3. The molecule has 1 atom stereocenters. The lowest BCUT2D eigenvalue weighted by Crippen LogP contribution is -2.33. The molecule has 1 aromatic carbocycles. The van der Waals surface area contributed by atoms with Crippen molar-refractivity contribution >= 4 is 5.91 Å². The zero-order valence-electron chi connectivity index (χ0n) is 15.1. The molecule has 1 aromatic heterocycles. The maximum atomic E-state index is 12.4. The first kappa shape index (κ1) is 17.5. The van der Waals surface area contributed by atoms with Crippen LogP contribution < -0.4 is 4.74 Å². The fraction of sp³-hybridized carbons (Fsp3) is 0.500. The number of imidazole rings is 1. The highest BCUT2D eigenvalue weighted by Crippen LogP contribution is 2.21. The second kappa shape index (κ2) is 8.19. The van der Waals surface area contributed by atoms with Crippen molar-refractivity contribution in [1.82, 2.24) is 14.5 Å². The Kier molecular flexibility index (Phi) is 5.74. The second-order valence-electron chi connectivity index (χ2n) is 6.77. The van der Waals surface area contributed by atoms with Crippen LogP contribution in [0.4, 0.5) is 0 Å². The highest BCUT2D eigenvalue weighted by molar-refractivity contribution is 5.78. The number of amides is 1. The monoisotopic (exact) mass is 341 g/mol. The summed E-state index contributed by atoms with van der Waals surface area (Å²) in [5.74, 6) is 2.44. The Morgan fingerprint density at radius 1 is 1.32 bits per heavy atom. The molecule has 5 nitrogen and oxygen atoms in total. The standard InChI is InChI=1S/C20H27N3O2/c1-3-10-23-16(2)13-21-19(23)12-17-9-11-22(14-17)20(24)15-25-18-7-5-4-6-8-18/h4-8,13,17H,3,9-12,14-15H2,1-2H3. The van der Waals surface area contributed by atoms with Gasteiger partial charge in [0.05, 0.1) is 0 Å². The molecule has 3 rings (SSSR count). The summed E-state index contributed by atoms with van der Waals surface area (Å²) in [5.41, 5.74) is 1.22. The largest absolute Gasteiger partial charge is 0.484 e. The van der Waals surface area contributed by atoms with Gasteiger partial charge in [0.1, 0.15) is 11.6 Å². The molecule has 2 heterocycles. The number of para-hydroxylation sites is 1. The summed E-state index contributed by atoms with van der Waals surface area (Å²) in [4.78, 5) is 18.9. The minimum absolute atomic E-state index is 0.0689. The van der Waals surface area contributed by atoms with E-state index in [-0.39, 0.29) is 12.5 Å². The molecule has 0 N–H and O–H groups in total. The average Bonchev–Trinajstić information content (AvgIpc) is 3.23. The minimum Gasteiger partial charge on any atom is -0.484 e. The van der Waals surface area contributed by atoms with Crippen molar-refractivity contribution < 1.29 is 9.53 Å². The van der Waals surface area contributed by atoms with Gasteiger partial charge in [0, 0.05) is 37.9 Å². The van der Waals surface area contributed by atoms with Crippen LogP contribution in [0.3, 0.4) is 0 Å². The van der Waals surface area contributed by atoms with Crippen molar-refractivity contribution in [3.8, 4) is 5.75 Å². The maximum Gasteiger partial charge on any atom is 0.260 e. The number of aromatic nitrogens is 2. The van der Waals surface area contributed by atoms with Crippen molar-refractivity contribution in [3.63, 3.8) is 0 Å². The number of benzene rings is 1. The van der Waals surface area contributed by atoms with E-state index in [2.05, 4.69) is 23.4 Å². The Morgan fingerprint density at radius 3 is 2.88 bits per heavy atom. The molecule has 25 heavy (non-hydrogen) atoms. The Bertz CT molecular complexity index is 696. The lowest BCUT2D eigenvalue weighted by atomic mass is 10.0. The van der Waals surface area contributed by atoms with Gasteiger partial charge in [-0.15, -0.1) is 0 Å². The third-order valence-electron chi connectivity index (χ3n) is 4.80. The predicted molar refractivity (Wildman–Crippen MR) is 97.6 cm³/mol. The second-order valence-corrected chi connectivity index (χ2v) is 6.77. The quantitative estimate of drug-likeness (QED) is 0.777. The average molecular weight is 341 g/mol. The zero-order chi connectivity index (χ0) is 17.6. The number of rotatable bonds is 7. The molecule has 0 bridgehead atoms. The van der Waals surface area contributed by atoms with E-state index in [1.54, 1.807) is 0 Å². The van der Waals surface area contributed by atoms with Gasteiger partial charge in [0.15, 0.2) is 6.61 Å². The molecule has 0 spiro atoms. The van der Waals surface area contributed by atoms with E-state index in [1.165, 1.54) is 5.69 Å². The fourth-order valence-electron chi connectivity index (χ4n) is 3.44. The molecule has 0 aliphatic carbocycles. The van der Waals surface area contributed by atoms with Gasteiger partial charge in [-0.05, 0) is 37.8 Å². The number of hydrogen-bond donors (Lipinski definition) is 0. The first-order valence-corrected chi connectivity index (χ1v) is 9.14. The summed E-state index contributed by atoms with van der Waals surface area (Å²) >= 11 is 0. The van der Waals surface area contributed by atoms with E-state index in [0.717, 1.165) is 50.5 Å². The van der Waals surface area contributed by atoms with Crippen LogP contribution in [0.5, 0.6) is 5.75 Å². The van der Waals surface area contributed by atoms with Gasteiger partial charge in [-0.2, -0.15) is 0 Å². The number of carbonyl (C=O) groups excluding carboxylic acids is 1. The first-order valence-electron chi connectivity index (χ1n) is 9.14. The summed E-state index contributed by atoms with van der Waals surface area (Å²) < 4.78 is 7.89. The number of nitrogens with zero attached hydrogens (tertiary/aromatic N) is 3. The molecule has 2 aromatic rings. The molecule has 1 amide bonds. The van der Waals surface area contributed by atoms with Crippen LogP contribution in [0.2, 0.25) is 0 Å². The Hall–Kier alpha value is -2.30. The normalized spacial score (nSPS) is 17.0. The zero-order valence-corrected chi connectivity index (χ0v) is 15.1. The molecule has 0 saturated carbocycles. The van der Waals surface area contributed by atoms with Gasteiger partial charge in [0.2, 0.25) is 0 Å². The molecule has 5 heteroatoms. The molecule has 1 aliphatic heterocycles. The third kappa shape index (κ3) is 4.41. The van der Waals surface area contributed by atoms with Gasteiger partial charge >= 0.3 is 0 Å². The molecular weight excluding hydrogens is 314 g/mol. The van der Waals surface area contributed by atoms with Crippen molar-refractivity contribution in [2.45, 2.75) is 39.7 Å². The lowest BCUT2D eigenvalue weighted by molar-refractivity contribution is -0.132. The highest BCUT2D eigenvalue weighted by atomic mass is 16.5. The molecule has 134 valence electrons. The van der Waals surface area contributed by atoms with Crippen molar-refractivity contribution in [2.75, 3.05) is 19.7 Å². The summed E-state index contributed by atoms with van der Waals surface area (Å²) in [6.07, 6.45) is 5.04. The summed E-state index contributed by atoms with van der Waals surface area (Å²) in [6.45, 7) is 7.04. The smallest absolute Gasteiger partial charge is 0.260 e. The van der Waals surface area contributed by atoms with Crippen LogP contribution in [0, 0.1) is 12.8 Å². The molecule has 1 saturated heterocycles. The van der Waals surface area contributed by atoms with E-state index in [1.807, 2.05) is 41.4 Å². The lowest BCUT2D eigenvalue weighted by Gasteiger charge is -2.17. The Labute approximate surface area is 149 Å². The molecule has 1 aliphatic rings. The van der Waals surface area contributed by atoms with Crippen molar-refractivity contribution in [2.24, 2.45) is 5.92 Å². The van der Waals surface area contributed by atoms with Crippen LogP contribution in [0.1, 0.15) is 31.3 Å². The summed E-state index contributed by atoms with van der Waals surface area (Å²) in [6, 6.07) is 9.49. The maximum absolute atomic E-state index is 12.4. The van der Waals surface area contributed by atoms with E-state index in [0.29, 0.717) is 5.92 Å².